The summed E-state index contributed by atoms with van der Waals surface area (Å²) in [6.07, 6.45) is 2.20. The Morgan fingerprint density at radius 1 is 1.07 bits per heavy atom. The number of amides is 1. The van der Waals surface area contributed by atoms with Crippen LogP contribution in [-0.4, -0.2) is 114 Å². The zero-order chi connectivity index (χ0) is 41.4. The molecule has 0 aliphatic carbocycles. The van der Waals surface area contributed by atoms with E-state index in [1.165, 1.54) is 7.11 Å². The van der Waals surface area contributed by atoms with Crippen molar-refractivity contribution in [1.29, 1.82) is 0 Å². The van der Waals surface area contributed by atoms with Crippen LogP contribution < -0.4 is 39.5 Å². The second kappa shape index (κ2) is 22.6. The lowest BCUT2D eigenvalue weighted by atomic mass is 9.93. The number of nitrogens with zero attached hydrogens (tertiary/aromatic N) is 1. The average Bonchev–Trinajstić information content (AvgIpc) is 3.42. The Balaban J connectivity index is 0.000000253. The number of aliphatic hydroxyl groups is 1. The molecule has 6 N–H and O–H groups in total. The van der Waals surface area contributed by atoms with Crippen LogP contribution in [0.2, 0.25) is 5.02 Å². The van der Waals surface area contributed by atoms with E-state index in [4.69, 9.17) is 45.5 Å². The smallest absolute Gasteiger partial charge is 0.303 e. The van der Waals surface area contributed by atoms with Crippen molar-refractivity contribution in [3.63, 3.8) is 0 Å². The van der Waals surface area contributed by atoms with Crippen LogP contribution in [0.5, 0.6) is 28.7 Å². The second-order valence-electron chi connectivity index (χ2n) is 13.8. The van der Waals surface area contributed by atoms with Crippen molar-refractivity contribution < 1.29 is 51.9 Å². The Hall–Kier alpha value is -4.32. The predicted molar refractivity (Wildman–Crippen MR) is 215 cm³/mol. The van der Waals surface area contributed by atoms with Crippen LogP contribution in [-0.2, 0) is 21.2 Å². The predicted octanol–water partition coefficient (Wildman–Crippen LogP) is 4.12. The maximum Gasteiger partial charge on any atom is 0.303 e. The first-order valence-electron chi connectivity index (χ1n) is 19.1. The molecule has 0 saturated carbocycles. The van der Waals surface area contributed by atoms with Crippen LogP contribution in [0.3, 0.4) is 0 Å². The van der Waals surface area contributed by atoms with Gasteiger partial charge in [-0.25, -0.2) is 13.6 Å². The molecule has 0 aromatic heterocycles. The number of benzene rings is 3. The van der Waals surface area contributed by atoms with E-state index in [2.05, 4.69) is 15.5 Å². The zero-order valence-corrected chi connectivity index (χ0v) is 34.3. The highest BCUT2D eigenvalue weighted by Crippen LogP contribution is 2.36. The first kappa shape index (κ1) is 45.4. The summed E-state index contributed by atoms with van der Waals surface area (Å²) in [7, 11) is -2.43. The van der Waals surface area contributed by atoms with Crippen LogP contribution in [0, 0.1) is 5.92 Å². The number of fused-ring (bicyclic) bond motifs is 1. The number of carbonyl (C=O) groups is 2. The van der Waals surface area contributed by atoms with E-state index < -0.39 is 22.1 Å². The lowest BCUT2D eigenvalue weighted by Gasteiger charge is -2.36. The molecule has 1 fully saturated rings. The number of aliphatic hydroxyl groups excluding tert-OH is 1. The Bertz CT molecular complexity index is 1880. The molecule has 1 amide bonds. The molecule has 0 radical (unpaired) electrons. The largest absolute Gasteiger partial charge is 0.495 e. The van der Waals surface area contributed by atoms with Gasteiger partial charge in [0.25, 0.3) is 5.91 Å². The van der Waals surface area contributed by atoms with Crippen LogP contribution in [0.15, 0.2) is 59.5 Å². The Morgan fingerprint density at radius 3 is 2.49 bits per heavy atom. The summed E-state index contributed by atoms with van der Waals surface area (Å²) in [6, 6.07) is 15.9. The van der Waals surface area contributed by atoms with Crippen molar-refractivity contribution in [2.24, 2.45) is 11.1 Å². The van der Waals surface area contributed by atoms with E-state index in [0.717, 1.165) is 30.7 Å². The van der Waals surface area contributed by atoms with Crippen molar-refractivity contribution >= 4 is 33.5 Å². The molecule has 15 nitrogen and oxygen atoms in total. The van der Waals surface area contributed by atoms with Crippen LogP contribution in [0.4, 0.5) is 0 Å². The molecule has 0 unspecified atom stereocenters. The number of β-amino-alcohol motifs (C(OH)–C–C–N with tert-alkyl or cyclic N) is 1. The molecule has 0 spiro atoms. The highest BCUT2D eigenvalue weighted by atomic mass is 35.5. The lowest BCUT2D eigenvalue weighted by Crippen LogP contribution is -2.47. The van der Waals surface area contributed by atoms with Gasteiger partial charge in [0.1, 0.15) is 17.3 Å². The topological polar surface area (TPSA) is 208 Å². The molecule has 3 aromatic carbocycles. The van der Waals surface area contributed by atoms with Crippen LogP contribution >= 0.6 is 11.6 Å². The monoisotopic (exact) mass is 834 g/mol. The third-order valence-corrected chi connectivity index (χ3v) is 10.5. The standard InChI is InChI=1S/C20H27ClN2O6.C20H28N2O5S/c21-14-9-15(19-17(10-14)28-7-2-8-29-19)20(27)22-11-13-4-6-23(12-16(13)24)5-1-3-18(25)26;1-4-26-17-7-5-6-8-18(17)27-12-11-22-15(2)13-16-9-10-19(25-3)20(14-16)28(21,23)24/h9-10,13,16,24H,1-8,11-12H2,(H,22,27)(H,25,26);5-10,14-15,22H,4,11-13H2,1-3H3,(H2,21,23,24)/t13-,16+;15-/m01/s1. The molecular weight excluding hydrogens is 780 g/mol. The number of likely N-dealkylation sites (tertiary alicyclic amines) is 1. The van der Waals surface area contributed by atoms with Crippen LogP contribution in [0.1, 0.15) is 55.5 Å². The lowest BCUT2D eigenvalue weighted by molar-refractivity contribution is -0.137. The zero-order valence-electron chi connectivity index (χ0n) is 32.7. The number of aliphatic carboxylic acids is 1. The van der Waals surface area contributed by atoms with Gasteiger partial charge in [-0.3, -0.25) is 9.59 Å². The minimum absolute atomic E-state index is 0.00411. The van der Waals surface area contributed by atoms with Crippen LogP contribution in [0.25, 0.3) is 0 Å². The van der Waals surface area contributed by atoms with Gasteiger partial charge in [0, 0.05) is 55.5 Å². The Morgan fingerprint density at radius 2 is 1.81 bits per heavy atom. The Labute approximate surface area is 339 Å². The number of hydrogen-bond donors (Lipinski definition) is 5. The van der Waals surface area contributed by atoms with E-state index in [0.29, 0.717) is 93.3 Å². The van der Waals surface area contributed by atoms with Gasteiger partial charge in [0.05, 0.1) is 38.6 Å². The first-order chi connectivity index (χ1) is 27.3. The second-order valence-corrected chi connectivity index (χ2v) is 15.7. The van der Waals surface area contributed by atoms with Gasteiger partial charge >= 0.3 is 5.97 Å². The minimum Gasteiger partial charge on any atom is -0.495 e. The average molecular weight is 835 g/mol. The van der Waals surface area contributed by atoms with Gasteiger partial charge < -0.3 is 49.4 Å². The molecule has 57 heavy (non-hydrogen) atoms. The van der Waals surface area contributed by atoms with E-state index >= 15 is 0 Å². The van der Waals surface area contributed by atoms with E-state index in [1.807, 2.05) is 44.2 Å². The van der Waals surface area contributed by atoms with Crippen molar-refractivity contribution in [2.45, 2.75) is 63.0 Å². The third-order valence-electron chi connectivity index (χ3n) is 9.33. The molecule has 17 heteroatoms. The number of piperidine rings is 1. The highest BCUT2D eigenvalue weighted by molar-refractivity contribution is 7.89. The van der Waals surface area contributed by atoms with Crippen molar-refractivity contribution in [1.82, 2.24) is 15.5 Å². The molecule has 0 bridgehead atoms. The number of carbonyl (C=O) groups excluding carboxylic acids is 1. The van der Waals surface area contributed by atoms with E-state index in [9.17, 15) is 23.1 Å². The molecule has 2 aliphatic heterocycles. The Kier molecular flexibility index (Phi) is 18.0. The van der Waals surface area contributed by atoms with E-state index in [1.54, 1.807) is 24.3 Å². The summed E-state index contributed by atoms with van der Waals surface area (Å²) in [5, 5.41) is 31.1. The molecule has 3 atom stereocenters. The number of ether oxygens (including phenoxy) is 5. The van der Waals surface area contributed by atoms with Crippen molar-refractivity contribution in [3.8, 4) is 28.7 Å². The fraction of sp³-hybridized carbons (Fsp3) is 0.500. The molecule has 3 aromatic rings. The summed E-state index contributed by atoms with van der Waals surface area (Å²) in [6.45, 7) is 8.86. The number of carboxylic acids is 1. The summed E-state index contributed by atoms with van der Waals surface area (Å²) >= 11 is 6.13. The number of methoxy groups -OCH3 is 1. The summed E-state index contributed by atoms with van der Waals surface area (Å²) in [4.78, 5) is 25.4. The number of primary sulfonamides is 1. The third kappa shape index (κ3) is 14.5. The maximum absolute atomic E-state index is 12.7. The fourth-order valence-corrected chi connectivity index (χ4v) is 7.43. The molecule has 5 rings (SSSR count). The number of nitrogens with two attached hydrogens (primary N) is 1. The summed E-state index contributed by atoms with van der Waals surface area (Å²) in [5.74, 6) is 1.37. The van der Waals surface area contributed by atoms with Crippen molar-refractivity contribution in [2.75, 3.05) is 66.3 Å². The first-order valence-corrected chi connectivity index (χ1v) is 21.0. The SMILES string of the molecule is CCOc1ccccc1OCCN[C@H](C)Cc1ccc(OC)c(S(N)(=O)=O)c1.O=C(O)CCCN1CC[C@@H](CNC(=O)c2cc(Cl)cc3c2OCCCO3)[C@H](O)C1. The van der Waals surface area contributed by atoms with Gasteiger partial charge in [0.15, 0.2) is 23.0 Å². The number of hydrogen-bond acceptors (Lipinski definition) is 12. The van der Waals surface area contributed by atoms with Gasteiger partial charge in [-0.2, -0.15) is 0 Å². The number of rotatable bonds is 18. The van der Waals surface area contributed by atoms with Gasteiger partial charge in [-0.05, 0) is 82.1 Å². The number of halogens is 1. The molecule has 1 saturated heterocycles. The number of nitrogens with one attached hydrogen (secondary N) is 2. The highest BCUT2D eigenvalue weighted by Gasteiger charge is 2.29. The molecular formula is C40H55ClN4O11S. The summed E-state index contributed by atoms with van der Waals surface area (Å²) in [5.41, 5.74) is 1.18. The normalized spacial score (nSPS) is 17.3. The summed E-state index contributed by atoms with van der Waals surface area (Å²) < 4.78 is 51.2. The molecule has 314 valence electrons. The molecule has 2 heterocycles. The minimum atomic E-state index is -3.84. The number of sulfonamides is 1. The van der Waals surface area contributed by atoms with Gasteiger partial charge in [-0.15, -0.1) is 0 Å². The number of para-hydroxylation sites is 2. The molecule has 2 aliphatic rings. The quantitative estimate of drug-likeness (QED) is 0.115. The van der Waals surface area contributed by atoms with Gasteiger partial charge in [-0.1, -0.05) is 29.8 Å². The van der Waals surface area contributed by atoms with Gasteiger partial charge in [0.2, 0.25) is 10.0 Å². The number of carboxylic acid groups (broad SMARTS) is 1. The van der Waals surface area contributed by atoms with E-state index in [-0.39, 0.29) is 34.9 Å². The van der Waals surface area contributed by atoms with Crippen molar-refractivity contribution in [3.05, 3.63) is 70.7 Å². The fourth-order valence-electron chi connectivity index (χ4n) is 6.48. The maximum atomic E-state index is 12.7.